The maximum Gasteiger partial charge on any atom is 0.233 e. The molecule has 0 aliphatic rings. The van der Waals surface area contributed by atoms with E-state index in [2.05, 4.69) is 38.3 Å². The van der Waals surface area contributed by atoms with Gasteiger partial charge in [0.1, 0.15) is 0 Å². The Morgan fingerprint density at radius 2 is 1.79 bits per heavy atom. The molecule has 2 N–H and O–H groups in total. The Hall–Kier alpha value is -0.570. The number of nitrogens with one attached hydrogen (secondary N) is 2. The zero-order valence-electron chi connectivity index (χ0n) is 9.94. The van der Waals surface area contributed by atoms with Crippen LogP contribution in [0.2, 0.25) is 0 Å². The van der Waals surface area contributed by atoms with E-state index < -0.39 is 0 Å². The molecule has 0 aliphatic heterocycles. The normalized spacial score (nSPS) is 11.4. The van der Waals surface area contributed by atoms with E-state index >= 15 is 0 Å². The molecule has 0 saturated carbocycles. The van der Waals surface area contributed by atoms with Crippen LogP contribution in [0.3, 0.4) is 0 Å². The molecule has 84 valence electrons. The highest BCUT2D eigenvalue weighted by Gasteiger charge is 2.19. The van der Waals surface area contributed by atoms with Gasteiger partial charge in [0.2, 0.25) is 5.91 Å². The topological polar surface area (TPSA) is 41.1 Å². The lowest BCUT2D eigenvalue weighted by atomic mass is 9.96. The fourth-order valence-corrected chi connectivity index (χ4v) is 1.12. The minimum atomic E-state index is 0.0972. The highest BCUT2D eigenvalue weighted by Crippen LogP contribution is 2.12. The standard InChI is InChI=1S/C11H24N2O/c1-5-8-12-10(14)9-13-11(4,6-2)7-3/h13H,5-9H2,1-4H3,(H,12,14). The average molecular weight is 200 g/mol. The van der Waals surface area contributed by atoms with Crippen molar-refractivity contribution >= 4 is 5.91 Å². The SMILES string of the molecule is CCCNC(=O)CNC(C)(CC)CC. The summed E-state index contributed by atoms with van der Waals surface area (Å²) in [7, 11) is 0. The summed E-state index contributed by atoms with van der Waals surface area (Å²) in [4.78, 5) is 11.3. The van der Waals surface area contributed by atoms with Crippen molar-refractivity contribution in [2.75, 3.05) is 13.1 Å². The van der Waals surface area contributed by atoms with Crippen molar-refractivity contribution < 1.29 is 4.79 Å². The molecule has 0 aromatic carbocycles. The van der Waals surface area contributed by atoms with Gasteiger partial charge in [-0.2, -0.15) is 0 Å². The van der Waals surface area contributed by atoms with E-state index in [1.165, 1.54) is 0 Å². The van der Waals surface area contributed by atoms with Crippen molar-refractivity contribution in [1.82, 2.24) is 10.6 Å². The van der Waals surface area contributed by atoms with E-state index in [1.54, 1.807) is 0 Å². The van der Waals surface area contributed by atoms with Crippen molar-refractivity contribution in [3.05, 3.63) is 0 Å². The van der Waals surface area contributed by atoms with Crippen LogP contribution in [-0.4, -0.2) is 24.5 Å². The van der Waals surface area contributed by atoms with Crippen LogP contribution in [0.1, 0.15) is 47.0 Å². The fourth-order valence-electron chi connectivity index (χ4n) is 1.12. The lowest BCUT2D eigenvalue weighted by molar-refractivity contribution is -0.120. The van der Waals surface area contributed by atoms with E-state index in [0.717, 1.165) is 25.8 Å². The number of hydrogen-bond acceptors (Lipinski definition) is 2. The Morgan fingerprint density at radius 3 is 2.21 bits per heavy atom. The smallest absolute Gasteiger partial charge is 0.233 e. The first-order valence-electron chi connectivity index (χ1n) is 5.59. The van der Waals surface area contributed by atoms with Gasteiger partial charge in [-0.3, -0.25) is 4.79 Å². The molecule has 0 aromatic heterocycles. The maximum absolute atomic E-state index is 11.3. The Labute approximate surface area is 87.6 Å². The lowest BCUT2D eigenvalue weighted by Crippen LogP contribution is -2.46. The van der Waals surface area contributed by atoms with Crippen LogP contribution in [0.15, 0.2) is 0 Å². The summed E-state index contributed by atoms with van der Waals surface area (Å²) < 4.78 is 0. The van der Waals surface area contributed by atoms with Crippen molar-refractivity contribution in [2.45, 2.75) is 52.5 Å². The van der Waals surface area contributed by atoms with E-state index in [-0.39, 0.29) is 11.4 Å². The molecule has 0 bridgehead atoms. The third-order valence-electron chi connectivity index (χ3n) is 2.81. The second-order valence-corrected chi connectivity index (χ2v) is 3.97. The maximum atomic E-state index is 11.3. The van der Waals surface area contributed by atoms with Gasteiger partial charge in [-0.25, -0.2) is 0 Å². The molecule has 0 aromatic rings. The van der Waals surface area contributed by atoms with Crippen LogP contribution in [0.4, 0.5) is 0 Å². The van der Waals surface area contributed by atoms with Gasteiger partial charge in [-0.1, -0.05) is 20.8 Å². The average Bonchev–Trinajstić information content (AvgIpc) is 2.23. The van der Waals surface area contributed by atoms with Crippen LogP contribution in [-0.2, 0) is 4.79 Å². The largest absolute Gasteiger partial charge is 0.355 e. The van der Waals surface area contributed by atoms with E-state index in [4.69, 9.17) is 0 Å². The number of carbonyl (C=O) groups is 1. The number of rotatable bonds is 7. The summed E-state index contributed by atoms with van der Waals surface area (Å²) in [6, 6.07) is 0. The molecule has 3 nitrogen and oxygen atoms in total. The number of amides is 1. The number of carbonyl (C=O) groups excluding carboxylic acids is 1. The first-order chi connectivity index (χ1) is 6.58. The molecule has 3 heteroatoms. The van der Waals surface area contributed by atoms with Crippen LogP contribution in [0.25, 0.3) is 0 Å². The molecule has 0 heterocycles. The summed E-state index contributed by atoms with van der Waals surface area (Å²) >= 11 is 0. The highest BCUT2D eigenvalue weighted by molar-refractivity contribution is 5.78. The first kappa shape index (κ1) is 13.4. The minimum Gasteiger partial charge on any atom is -0.355 e. The van der Waals surface area contributed by atoms with E-state index in [1.807, 2.05) is 0 Å². The minimum absolute atomic E-state index is 0.0972. The van der Waals surface area contributed by atoms with Gasteiger partial charge in [-0.15, -0.1) is 0 Å². The van der Waals surface area contributed by atoms with Gasteiger partial charge < -0.3 is 10.6 Å². The van der Waals surface area contributed by atoms with E-state index in [9.17, 15) is 4.79 Å². The van der Waals surface area contributed by atoms with Gasteiger partial charge in [-0.05, 0) is 26.2 Å². The lowest BCUT2D eigenvalue weighted by Gasteiger charge is -2.28. The zero-order valence-corrected chi connectivity index (χ0v) is 9.94. The summed E-state index contributed by atoms with van der Waals surface area (Å²) in [5, 5.41) is 6.14. The third-order valence-corrected chi connectivity index (χ3v) is 2.81. The third kappa shape index (κ3) is 5.22. The van der Waals surface area contributed by atoms with E-state index in [0.29, 0.717) is 6.54 Å². The summed E-state index contributed by atoms with van der Waals surface area (Å²) in [6.45, 7) is 9.69. The second kappa shape index (κ2) is 6.82. The molecule has 0 spiro atoms. The van der Waals surface area contributed by atoms with Crippen LogP contribution in [0.5, 0.6) is 0 Å². The van der Waals surface area contributed by atoms with Crippen molar-refractivity contribution in [3.63, 3.8) is 0 Å². The Bertz CT molecular complexity index is 165. The first-order valence-corrected chi connectivity index (χ1v) is 5.59. The molecule has 0 rings (SSSR count). The summed E-state index contributed by atoms with van der Waals surface area (Å²) in [6.07, 6.45) is 3.08. The Kier molecular flexibility index (Phi) is 6.54. The quantitative estimate of drug-likeness (QED) is 0.656. The zero-order chi connectivity index (χ0) is 11.0. The Morgan fingerprint density at radius 1 is 1.21 bits per heavy atom. The highest BCUT2D eigenvalue weighted by atomic mass is 16.1. The molecule has 0 saturated heterocycles. The molecule has 0 unspecified atom stereocenters. The van der Waals surface area contributed by atoms with Crippen LogP contribution < -0.4 is 10.6 Å². The molecule has 14 heavy (non-hydrogen) atoms. The number of hydrogen-bond donors (Lipinski definition) is 2. The molecular weight excluding hydrogens is 176 g/mol. The monoisotopic (exact) mass is 200 g/mol. The van der Waals surface area contributed by atoms with Gasteiger partial charge >= 0.3 is 0 Å². The van der Waals surface area contributed by atoms with Gasteiger partial charge in [0.05, 0.1) is 6.54 Å². The molecular formula is C11H24N2O. The molecule has 1 amide bonds. The molecule has 0 fully saturated rings. The van der Waals surface area contributed by atoms with Crippen LogP contribution in [0, 0.1) is 0 Å². The summed E-state index contributed by atoms with van der Waals surface area (Å²) in [5.74, 6) is 0.0972. The van der Waals surface area contributed by atoms with Gasteiger partial charge in [0.15, 0.2) is 0 Å². The van der Waals surface area contributed by atoms with Gasteiger partial charge in [0, 0.05) is 12.1 Å². The Balaban J connectivity index is 3.74. The predicted octanol–water partition coefficient (Wildman–Crippen LogP) is 1.68. The molecule has 0 atom stereocenters. The van der Waals surface area contributed by atoms with Crippen molar-refractivity contribution in [2.24, 2.45) is 0 Å². The van der Waals surface area contributed by atoms with Crippen molar-refractivity contribution in [3.8, 4) is 0 Å². The van der Waals surface area contributed by atoms with Crippen molar-refractivity contribution in [1.29, 1.82) is 0 Å². The molecule has 0 aliphatic carbocycles. The van der Waals surface area contributed by atoms with Crippen LogP contribution >= 0.6 is 0 Å². The summed E-state index contributed by atoms with van der Waals surface area (Å²) in [5.41, 5.74) is 0.101. The second-order valence-electron chi connectivity index (χ2n) is 3.97. The fraction of sp³-hybridized carbons (Fsp3) is 0.909. The molecule has 0 radical (unpaired) electrons. The van der Waals surface area contributed by atoms with Gasteiger partial charge in [0.25, 0.3) is 0 Å². The predicted molar refractivity (Wildman–Crippen MR) is 60.3 cm³/mol.